The van der Waals surface area contributed by atoms with E-state index in [9.17, 15) is 4.79 Å². The molecule has 0 heterocycles. The van der Waals surface area contributed by atoms with Crippen molar-refractivity contribution in [3.63, 3.8) is 0 Å². The molecule has 13 heavy (non-hydrogen) atoms. The van der Waals surface area contributed by atoms with Crippen LogP contribution in [0.2, 0.25) is 0 Å². The van der Waals surface area contributed by atoms with Gasteiger partial charge in [0.1, 0.15) is 0 Å². The predicted molar refractivity (Wildman–Crippen MR) is 50.1 cm³/mol. The standard InChI is InChI=1S/C11H18O2/c1-7-9-3-4-10(5-9)11(7)6-13-8(2)12/h7,9-11H,3-6H2,1-2H3/t7-,9+,10-,11+/m0/s1. The highest BCUT2D eigenvalue weighted by Crippen LogP contribution is 2.51. The van der Waals surface area contributed by atoms with Crippen molar-refractivity contribution < 1.29 is 9.53 Å². The van der Waals surface area contributed by atoms with Crippen LogP contribution in [0.3, 0.4) is 0 Å². The summed E-state index contributed by atoms with van der Waals surface area (Å²) in [5.41, 5.74) is 0. The number of rotatable bonds is 2. The minimum atomic E-state index is -0.130. The predicted octanol–water partition coefficient (Wildman–Crippen LogP) is 2.23. The van der Waals surface area contributed by atoms with E-state index in [4.69, 9.17) is 4.74 Å². The molecule has 74 valence electrons. The molecule has 2 rings (SSSR count). The Labute approximate surface area is 79.7 Å². The van der Waals surface area contributed by atoms with Crippen molar-refractivity contribution >= 4 is 5.97 Å². The molecular formula is C11H18O2. The zero-order valence-electron chi connectivity index (χ0n) is 8.45. The van der Waals surface area contributed by atoms with Crippen LogP contribution in [0, 0.1) is 23.7 Å². The van der Waals surface area contributed by atoms with Crippen LogP contribution in [0.5, 0.6) is 0 Å². The molecule has 0 N–H and O–H groups in total. The van der Waals surface area contributed by atoms with Crippen molar-refractivity contribution in [2.24, 2.45) is 23.7 Å². The Morgan fingerprint density at radius 3 is 2.62 bits per heavy atom. The first kappa shape index (κ1) is 9.04. The van der Waals surface area contributed by atoms with E-state index < -0.39 is 0 Å². The Morgan fingerprint density at radius 1 is 1.38 bits per heavy atom. The topological polar surface area (TPSA) is 26.3 Å². The molecule has 0 aliphatic heterocycles. The first-order chi connectivity index (χ1) is 6.18. The average Bonchev–Trinajstić information content (AvgIpc) is 2.61. The first-order valence-corrected chi connectivity index (χ1v) is 5.32. The number of hydrogen-bond acceptors (Lipinski definition) is 2. The van der Waals surface area contributed by atoms with Crippen LogP contribution in [-0.4, -0.2) is 12.6 Å². The van der Waals surface area contributed by atoms with E-state index in [2.05, 4.69) is 6.92 Å². The molecule has 2 saturated carbocycles. The zero-order valence-corrected chi connectivity index (χ0v) is 8.45. The molecule has 0 aromatic carbocycles. The Hall–Kier alpha value is -0.530. The molecule has 0 amide bonds. The summed E-state index contributed by atoms with van der Waals surface area (Å²) in [5.74, 6) is 3.07. The van der Waals surface area contributed by atoms with Gasteiger partial charge >= 0.3 is 5.97 Å². The van der Waals surface area contributed by atoms with Gasteiger partial charge < -0.3 is 4.74 Å². The maximum absolute atomic E-state index is 10.7. The normalized spacial score (nSPS) is 42.3. The van der Waals surface area contributed by atoms with Gasteiger partial charge in [-0.25, -0.2) is 0 Å². The summed E-state index contributed by atoms with van der Waals surface area (Å²) >= 11 is 0. The summed E-state index contributed by atoms with van der Waals surface area (Å²) in [6.45, 7) is 4.48. The van der Waals surface area contributed by atoms with Crippen LogP contribution in [0.1, 0.15) is 33.1 Å². The van der Waals surface area contributed by atoms with Gasteiger partial charge in [-0.15, -0.1) is 0 Å². The lowest BCUT2D eigenvalue weighted by atomic mass is 9.81. The lowest BCUT2D eigenvalue weighted by Crippen LogP contribution is -2.25. The minimum absolute atomic E-state index is 0.130. The van der Waals surface area contributed by atoms with E-state index in [1.54, 1.807) is 0 Å². The van der Waals surface area contributed by atoms with Crippen molar-refractivity contribution in [2.75, 3.05) is 6.61 Å². The van der Waals surface area contributed by atoms with Crippen LogP contribution in [0.25, 0.3) is 0 Å². The van der Waals surface area contributed by atoms with Crippen LogP contribution < -0.4 is 0 Å². The van der Waals surface area contributed by atoms with E-state index in [1.165, 1.54) is 26.2 Å². The number of carbonyl (C=O) groups excluding carboxylic acids is 1. The second kappa shape index (κ2) is 3.32. The SMILES string of the molecule is CC(=O)OC[C@H]1[C@H]2CC[C@H](C2)[C@@H]1C. The summed E-state index contributed by atoms with van der Waals surface area (Å²) in [4.78, 5) is 10.7. The Bertz CT molecular complexity index is 210. The molecule has 0 spiro atoms. The lowest BCUT2D eigenvalue weighted by molar-refractivity contribution is -0.143. The smallest absolute Gasteiger partial charge is 0.302 e. The second-order valence-electron chi connectivity index (χ2n) is 4.66. The molecule has 2 aliphatic carbocycles. The fraction of sp³-hybridized carbons (Fsp3) is 0.909. The number of hydrogen-bond donors (Lipinski definition) is 0. The van der Waals surface area contributed by atoms with E-state index in [-0.39, 0.29) is 5.97 Å². The van der Waals surface area contributed by atoms with Gasteiger partial charge in [-0.3, -0.25) is 4.79 Å². The van der Waals surface area contributed by atoms with Gasteiger partial charge in [0.05, 0.1) is 6.61 Å². The summed E-state index contributed by atoms with van der Waals surface area (Å²) < 4.78 is 5.11. The van der Waals surface area contributed by atoms with E-state index >= 15 is 0 Å². The van der Waals surface area contributed by atoms with Gasteiger partial charge in [0.15, 0.2) is 0 Å². The summed E-state index contributed by atoms with van der Waals surface area (Å²) in [6, 6.07) is 0. The van der Waals surface area contributed by atoms with Gasteiger partial charge in [0.25, 0.3) is 0 Å². The van der Waals surface area contributed by atoms with Crippen LogP contribution >= 0.6 is 0 Å². The molecule has 2 bridgehead atoms. The van der Waals surface area contributed by atoms with Crippen LogP contribution in [0.4, 0.5) is 0 Å². The highest BCUT2D eigenvalue weighted by molar-refractivity contribution is 5.65. The average molecular weight is 182 g/mol. The van der Waals surface area contributed by atoms with E-state index in [0.29, 0.717) is 12.5 Å². The van der Waals surface area contributed by atoms with E-state index in [0.717, 1.165) is 17.8 Å². The monoisotopic (exact) mass is 182 g/mol. The van der Waals surface area contributed by atoms with Crippen molar-refractivity contribution in [2.45, 2.75) is 33.1 Å². The minimum Gasteiger partial charge on any atom is -0.466 e. The molecule has 0 aromatic heterocycles. The summed E-state index contributed by atoms with van der Waals surface area (Å²) in [5, 5.41) is 0. The first-order valence-electron chi connectivity index (χ1n) is 5.32. The third kappa shape index (κ3) is 1.59. The third-order valence-corrected chi connectivity index (χ3v) is 4.02. The van der Waals surface area contributed by atoms with Gasteiger partial charge in [-0.1, -0.05) is 6.92 Å². The fourth-order valence-corrected chi connectivity index (χ4v) is 3.20. The number of esters is 1. The number of carbonyl (C=O) groups is 1. The van der Waals surface area contributed by atoms with E-state index in [1.807, 2.05) is 0 Å². The highest BCUT2D eigenvalue weighted by atomic mass is 16.5. The highest BCUT2D eigenvalue weighted by Gasteiger charge is 2.45. The molecule has 2 fully saturated rings. The molecule has 0 radical (unpaired) electrons. The molecule has 0 aromatic rings. The van der Waals surface area contributed by atoms with Gasteiger partial charge in [-0.2, -0.15) is 0 Å². The largest absolute Gasteiger partial charge is 0.466 e. The van der Waals surface area contributed by atoms with Crippen molar-refractivity contribution in [3.05, 3.63) is 0 Å². The van der Waals surface area contributed by atoms with Crippen molar-refractivity contribution in [1.29, 1.82) is 0 Å². The van der Waals surface area contributed by atoms with Crippen molar-refractivity contribution in [1.82, 2.24) is 0 Å². The molecule has 2 nitrogen and oxygen atoms in total. The number of ether oxygens (including phenoxy) is 1. The van der Waals surface area contributed by atoms with Crippen molar-refractivity contribution in [3.8, 4) is 0 Å². The molecule has 0 saturated heterocycles. The fourth-order valence-electron chi connectivity index (χ4n) is 3.20. The van der Waals surface area contributed by atoms with Gasteiger partial charge in [-0.05, 0) is 42.9 Å². The van der Waals surface area contributed by atoms with Crippen LogP contribution in [0.15, 0.2) is 0 Å². The second-order valence-corrected chi connectivity index (χ2v) is 4.66. The quantitative estimate of drug-likeness (QED) is 0.612. The third-order valence-electron chi connectivity index (χ3n) is 4.02. The molecule has 2 heteroatoms. The summed E-state index contributed by atoms with van der Waals surface area (Å²) in [6.07, 6.45) is 4.15. The Balaban J connectivity index is 1.89. The maximum atomic E-state index is 10.7. The Morgan fingerprint density at radius 2 is 2.08 bits per heavy atom. The van der Waals surface area contributed by atoms with Gasteiger partial charge in [0.2, 0.25) is 0 Å². The van der Waals surface area contributed by atoms with Gasteiger partial charge in [0, 0.05) is 6.92 Å². The molecule has 2 aliphatic rings. The molecule has 0 unspecified atom stereocenters. The maximum Gasteiger partial charge on any atom is 0.302 e. The molecular weight excluding hydrogens is 164 g/mol. The number of fused-ring (bicyclic) bond motifs is 2. The lowest BCUT2D eigenvalue weighted by Gasteiger charge is -2.27. The zero-order chi connectivity index (χ0) is 9.42. The Kier molecular flexibility index (Phi) is 2.31. The molecule has 4 atom stereocenters. The van der Waals surface area contributed by atoms with Crippen LogP contribution in [-0.2, 0) is 9.53 Å². The summed E-state index contributed by atoms with van der Waals surface area (Å²) in [7, 11) is 0.